The molecule has 0 radical (unpaired) electrons. The molecule has 19 heavy (non-hydrogen) atoms. The van der Waals surface area contributed by atoms with E-state index in [-0.39, 0.29) is 18.5 Å². The molecule has 0 aliphatic rings. The van der Waals surface area contributed by atoms with E-state index in [1.165, 1.54) is 6.92 Å². The van der Waals surface area contributed by atoms with Gasteiger partial charge in [0.05, 0.1) is 0 Å². The second kappa shape index (κ2) is 5.44. The van der Waals surface area contributed by atoms with Gasteiger partial charge in [-0.2, -0.15) is 0 Å². The lowest BCUT2D eigenvalue weighted by Gasteiger charge is -2.07. The number of benzene rings is 2. The number of fused-ring (bicyclic) bond motifs is 1. The number of carbonyl (C=O) groups is 1. The molecule has 0 aliphatic heterocycles. The first-order valence-electron chi connectivity index (χ1n) is 5.76. The molecule has 0 amide bonds. The molecule has 0 aliphatic carbocycles. The molecule has 4 heteroatoms. The molecule has 98 valence electrons. The molecule has 0 aromatic heterocycles. The van der Waals surface area contributed by atoms with Crippen LogP contribution in [-0.2, 0) is 16.1 Å². The van der Waals surface area contributed by atoms with Crippen molar-refractivity contribution >= 4 is 16.7 Å². The highest BCUT2D eigenvalue weighted by atomic mass is 16.6. The zero-order chi connectivity index (χ0) is 13.8. The Labute approximate surface area is 110 Å². The number of hydrogen-bond donors (Lipinski definition) is 1. The third kappa shape index (κ3) is 3.48. The Kier molecular flexibility index (Phi) is 3.71. The van der Waals surface area contributed by atoms with Crippen molar-refractivity contribution in [2.75, 3.05) is 0 Å². The summed E-state index contributed by atoms with van der Waals surface area (Å²) < 4.78 is 9.97. The van der Waals surface area contributed by atoms with E-state index in [2.05, 4.69) is 6.58 Å². The van der Waals surface area contributed by atoms with Crippen LogP contribution in [-0.4, -0.2) is 11.1 Å². The SMILES string of the molecule is C=C(O)Oc1ccc2cc(COC(C)=O)ccc2c1. The number of esters is 1. The van der Waals surface area contributed by atoms with Crippen LogP contribution in [0, 0.1) is 0 Å². The molecule has 2 aromatic carbocycles. The second-order valence-corrected chi connectivity index (χ2v) is 4.12. The van der Waals surface area contributed by atoms with Gasteiger partial charge in [-0.15, -0.1) is 0 Å². The molecule has 1 N–H and O–H groups in total. The summed E-state index contributed by atoms with van der Waals surface area (Å²) >= 11 is 0. The first-order chi connectivity index (χ1) is 9.04. The van der Waals surface area contributed by atoms with Crippen molar-refractivity contribution in [1.82, 2.24) is 0 Å². The van der Waals surface area contributed by atoms with Gasteiger partial charge in [0.1, 0.15) is 12.4 Å². The number of ether oxygens (including phenoxy) is 2. The summed E-state index contributed by atoms with van der Waals surface area (Å²) in [6.45, 7) is 4.91. The summed E-state index contributed by atoms with van der Waals surface area (Å²) in [5.74, 6) is -0.121. The average molecular weight is 258 g/mol. The standard InChI is InChI=1S/C15H14O4/c1-10(16)18-9-12-3-4-14-8-15(19-11(2)17)6-5-13(14)7-12/h3-8,17H,2,9H2,1H3. The molecule has 0 spiro atoms. The minimum atomic E-state index is -0.342. The number of rotatable bonds is 4. The lowest BCUT2D eigenvalue weighted by Crippen LogP contribution is -1.98. The molecule has 0 unspecified atom stereocenters. The largest absolute Gasteiger partial charge is 0.481 e. The zero-order valence-electron chi connectivity index (χ0n) is 10.6. The van der Waals surface area contributed by atoms with E-state index < -0.39 is 0 Å². The van der Waals surface area contributed by atoms with Crippen molar-refractivity contribution in [3.05, 3.63) is 54.5 Å². The summed E-state index contributed by atoms with van der Waals surface area (Å²) in [5, 5.41) is 10.9. The Morgan fingerprint density at radius 2 is 1.89 bits per heavy atom. The van der Waals surface area contributed by atoms with Gasteiger partial charge in [0.2, 0.25) is 0 Å². The van der Waals surface area contributed by atoms with Crippen LogP contribution < -0.4 is 4.74 Å². The van der Waals surface area contributed by atoms with E-state index in [0.29, 0.717) is 5.75 Å². The molecule has 0 atom stereocenters. The van der Waals surface area contributed by atoms with Crippen molar-refractivity contribution in [3.8, 4) is 5.75 Å². The van der Waals surface area contributed by atoms with E-state index in [1.54, 1.807) is 12.1 Å². The first kappa shape index (κ1) is 13.0. The summed E-state index contributed by atoms with van der Waals surface area (Å²) in [7, 11) is 0. The summed E-state index contributed by atoms with van der Waals surface area (Å²) in [5.41, 5.74) is 0.919. The van der Waals surface area contributed by atoms with E-state index in [1.807, 2.05) is 24.3 Å². The van der Waals surface area contributed by atoms with Gasteiger partial charge in [0, 0.05) is 6.92 Å². The number of carbonyl (C=O) groups excluding carboxylic acids is 1. The van der Waals surface area contributed by atoms with Crippen molar-refractivity contribution in [2.45, 2.75) is 13.5 Å². The predicted octanol–water partition coefficient (Wildman–Crippen LogP) is 3.31. The van der Waals surface area contributed by atoms with Crippen LogP contribution >= 0.6 is 0 Å². The van der Waals surface area contributed by atoms with Gasteiger partial charge in [-0.05, 0) is 41.1 Å². The molecule has 4 nitrogen and oxygen atoms in total. The van der Waals surface area contributed by atoms with E-state index in [9.17, 15) is 4.79 Å². The Hall–Kier alpha value is -2.49. The minimum absolute atomic E-state index is 0.261. The lowest BCUT2D eigenvalue weighted by molar-refractivity contribution is -0.142. The molecule has 0 heterocycles. The molecule has 2 rings (SSSR count). The summed E-state index contributed by atoms with van der Waals surface area (Å²) in [6.07, 6.45) is 0. The van der Waals surface area contributed by atoms with Gasteiger partial charge in [0.15, 0.2) is 0 Å². The maximum absolute atomic E-state index is 10.8. The van der Waals surface area contributed by atoms with Crippen LogP contribution in [0.15, 0.2) is 48.9 Å². The number of aliphatic hydroxyl groups is 1. The second-order valence-electron chi connectivity index (χ2n) is 4.12. The quantitative estimate of drug-likeness (QED) is 0.675. The van der Waals surface area contributed by atoms with Gasteiger partial charge >= 0.3 is 5.97 Å². The van der Waals surface area contributed by atoms with Gasteiger partial charge in [-0.3, -0.25) is 4.79 Å². The summed E-state index contributed by atoms with van der Waals surface area (Å²) in [6, 6.07) is 11.1. The Morgan fingerprint density at radius 1 is 1.21 bits per heavy atom. The fourth-order valence-electron chi connectivity index (χ4n) is 1.75. The van der Waals surface area contributed by atoms with Crippen LogP contribution in [0.1, 0.15) is 12.5 Å². The monoisotopic (exact) mass is 258 g/mol. The molecule has 0 saturated carbocycles. The zero-order valence-corrected chi connectivity index (χ0v) is 10.6. The highest BCUT2D eigenvalue weighted by Gasteiger charge is 2.02. The van der Waals surface area contributed by atoms with Crippen LogP contribution in [0.5, 0.6) is 5.75 Å². The highest BCUT2D eigenvalue weighted by molar-refractivity contribution is 5.84. The van der Waals surface area contributed by atoms with Crippen LogP contribution in [0.25, 0.3) is 10.8 Å². The third-order valence-electron chi connectivity index (χ3n) is 2.55. The van der Waals surface area contributed by atoms with Crippen molar-refractivity contribution in [1.29, 1.82) is 0 Å². The molecular weight excluding hydrogens is 244 g/mol. The van der Waals surface area contributed by atoms with Crippen LogP contribution in [0.3, 0.4) is 0 Å². The Morgan fingerprint density at radius 3 is 2.58 bits per heavy atom. The Balaban J connectivity index is 2.24. The summed E-state index contributed by atoms with van der Waals surface area (Å²) in [4.78, 5) is 10.8. The van der Waals surface area contributed by atoms with E-state index in [0.717, 1.165) is 16.3 Å². The lowest BCUT2D eigenvalue weighted by atomic mass is 10.1. The molecular formula is C15H14O4. The highest BCUT2D eigenvalue weighted by Crippen LogP contribution is 2.23. The molecule has 2 aromatic rings. The van der Waals surface area contributed by atoms with Crippen LogP contribution in [0.4, 0.5) is 0 Å². The maximum atomic E-state index is 10.8. The number of hydrogen-bond acceptors (Lipinski definition) is 4. The van der Waals surface area contributed by atoms with E-state index >= 15 is 0 Å². The van der Waals surface area contributed by atoms with Gasteiger partial charge in [0.25, 0.3) is 5.95 Å². The minimum Gasteiger partial charge on any atom is -0.481 e. The first-order valence-corrected chi connectivity index (χ1v) is 5.76. The smallest absolute Gasteiger partial charge is 0.302 e. The maximum Gasteiger partial charge on any atom is 0.302 e. The van der Waals surface area contributed by atoms with Crippen molar-refractivity contribution in [3.63, 3.8) is 0 Å². The molecule has 0 fully saturated rings. The van der Waals surface area contributed by atoms with Gasteiger partial charge < -0.3 is 14.6 Å². The third-order valence-corrected chi connectivity index (χ3v) is 2.55. The van der Waals surface area contributed by atoms with Crippen molar-refractivity contribution < 1.29 is 19.4 Å². The fourth-order valence-corrected chi connectivity index (χ4v) is 1.75. The molecule has 0 saturated heterocycles. The van der Waals surface area contributed by atoms with Crippen LogP contribution in [0.2, 0.25) is 0 Å². The topological polar surface area (TPSA) is 55.8 Å². The average Bonchev–Trinajstić information content (AvgIpc) is 2.35. The fraction of sp³-hybridized carbons (Fsp3) is 0.133. The Bertz CT molecular complexity index is 631. The van der Waals surface area contributed by atoms with Gasteiger partial charge in [-0.25, -0.2) is 0 Å². The molecule has 0 bridgehead atoms. The normalized spacial score (nSPS) is 10.2. The van der Waals surface area contributed by atoms with Gasteiger partial charge in [-0.1, -0.05) is 18.2 Å². The number of aliphatic hydroxyl groups excluding tert-OH is 1. The predicted molar refractivity (Wildman–Crippen MR) is 71.8 cm³/mol. The van der Waals surface area contributed by atoms with E-state index in [4.69, 9.17) is 14.6 Å². The van der Waals surface area contributed by atoms with Crippen molar-refractivity contribution in [2.24, 2.45) is 0 Å².